The summed E-state index contributed by atoms with van der Waals surface area (Å²) in [7, 11) is 1.56. The monoisotopic (exact) mass is 266 g/mol. The number of carbonyl (C=O) groups is 1. The first-order valence-electron chi connectivity index (χ1n) is 6.36. The zero-order chi connectivity index (χ0) is 14.4. The molecule has 5 nitrogen and oxygen atoms in total. The lowest BCUT2D eigenvalue weighted by molar-refractivity contribution is -0.118. The number of rotatable bonds is 6. The lowest BCUT2D eigenvalue weighted by atomic mass is 10.0. The van der Waals surface area contributed by atoms with Crippen molar-refractivity contribution in [3.63, 3.8) is 0 Å². The summed E-state index contributed by atoms with van der Waals surface area (Å²) in [4.78, 5) is 11.9. The second-order valence-corrected chi connectivity index (χ2v) is 4.56. The molecule has 0 unspecified atom stereocenters. The normalized spacial score (nSPS) is 12.1. The highest BCUT2D eigenvalue weighted by Crippen LogP contribution is 2.30. The first-order chi connectivity index (χ1) is 8.99. The van der Waals surface area contributed by atoms with Crippen molar-refractivity contribution in [1.82, 2.24) is 0 Å². The maximum Gasteiger partial charge on any atom is 0.241 e. The standard InChI is InChI=1S/C14H22N2O3/c1-5-19-11-7-6-10(8-12(11)18-4)16-14(17)13(15)9(2)3/h6-9,13H,5,15H2,1-4H3,(H,16,17)/t13-/m0/s1. The molecule has 0 aliphatic carbocycles. The molecule has 5 heteroatoms. The van der Waals surface area contributed by atoms with Crippen LogP contribution in [0.5, 0.6) is 11.5 Å². The van der Waals surface area contributed by atoms with E-state index in [0.29, 0.717) is 23.8 Å². The zero-order valence-electron chi connectivity index (χ0n) is 11.9. The number of nitrogens with one attached hydrogen (secondary N) is 1. The van der Waals surface area contributed by atoms with Crippen LogP contribution in [-0.2, 0) is 4.79 Å². The Bertz CT molecular complexity index is 433. The van der Waals surface area contributed by atoms with E-state index in [1.54, 1.807) is 25.3 Å². The molecule has 0 bridgehead atoms. The third-order valence-corrected chi connectivity index (χ3v) is 2.75. The number of anilines is 1. The molecule has 0 fully saturated rings. The number of ether oxygens (including phenoxy) is 2. The van der Waals surface area contributed by atoms with Gasteiger partial charge in [-0.15, -0.1) is 0 Å². The number of carbonyl (C=O) groups excluding carboxylic acids is 1. The van der Waals surface area contributed by atoms with Crippen LogP contribution in [0.4, 0.5) is 5.69 Å². The predicted octanol–water partition coefficient (Wildman–Crippen LogP) is 2.02. The van der Waals surface area contributed by atoms with E-state index in [2.05, 4.69) is 5.32 Å². The van der Waals surface area contributed by atoms with E-state index >= 15 is 0 Å². The van der Waals surface area contributed by atoms with Crippen molar-refractivity contribution in [1.29, 1.82) is 0 Å². The summed E-state index contributed by atoms with van der Waals surface area (Å²) in [5, 5.41) is 2.77. The summed E-state index contributed by atoms with van der Waals surface area (Å²) in [6, 6.07) is 4.71. The molecule has 0 aromatic heterocycles. The van der Waals surface area contributed by atoms with Crippen LogP contribution in [0.15, 0.2) is 18.2 Å². The minimum Gasteiger partial charge on any atom is -0.493 e. The summed E-state index contributed by atoms with van der Waals surface area (Å²) in [5.41, 5.74) is 6.43. The molecule has 0 aliphatic rings. The molecule has 0 saturated carbocycles. The quantitative estimate of drug-likeness (QED) is 0.826. The van der Waals surface area contributed by atoms with Crippen LogP contribution in [0.2, 0.25) is 0 Å². The van der Waals surface area contributed by atoms with Crippen molar-refractivity contribution < 1.29 is 14.3 Å². The van der Waals surface area contributed by atoms with Gasteiger partial charge in [-0.25, -0.2) is 0 Å². The zero-order valence-corrected chi connectivity index (χ0v) is 11.9. The molecule has 1 amide bonds. The van der Waals surface area contributed by atoms with E-state index < -0.39 is 6.04 Å². The molecular weight excluding hydrogens is 244 g/mol. The molecule has 0 heterocycles. The smallest absolute Gasteiger partial charge is 0.241 e. The third kappa shape index (κ3) is 4.13. The molecule has 0 aliphatic heterocycles. The van der Waals surface area contributed by atoms with Crippen molar-refractivity contribution in [2.45, 2.75) is 26.8 Å². The van der Waals surface area contributed by atoms with E-state index in [1.807, 2.05) is 20.8 Å². The van der Waals surface area contributed by atoms with Crippen molar-refractivity contribution in [3.05, 3.63) is 18.2 Å². The highest BCUT2D eigenvalue weighted by Gasteiger charge is 2.17. The molecule has 1 aromatic carbocycles. The molecule has 1 aromatic rings. The number of hydrogen-bond donors (Lipinski definition) is 2. The fourth-order valence-electron chi connectivity index (χ4n) is 1.55. The Balaban J connectivity index is 2.82. The van der Waals surface area contributed by atoms with Crippen LogP contribution in [-0.4, -0.2) is 25.7 Å². The SMILES string of the molecule is CCOc1ccc(NC(=O)[C@@H](N)C(C)C)cc1OC. The lowest BCUT2D eigenvalue weighted by Crippen LogP contribution is -2.39. The lowest BCUT2D eigenvalue weighted by Gasteiger charge is -2.16. The van der Waals surface area contributed by atoms with Crippen molar-refractivity contribution in [3.8, 4) is 11.5 Å². The highest BCUT2D eigenvalue weighted by atomic mass is 16.5. The number of amides is 1. The first-order valence-corrected chi connectivity index (χ1v) is 6.36. The molecule has 0 radical (unpaired) electrons. The van der Waals surface area contributed by atoms with Gasteiger partial charge in [0, 0.05) is 11.8 Å². The minimum absolute atomic E-state index is 0.0876. The van der Waals surface area contributed by atoms with Gasteiger partial charge < -0.3 is 20.5 Å². The number of nitrogens with two attached hydrogens (primary N) is 1. The summed E-state index contributed by atoms with van der Waals surface area (Å²) in [6.45, 7) is 6.27. The van der Waals surface area contributed by atoms with Crippen LogP contribution < -0.4 is 20.5 Å². The fraction of sp³-hybridized carbons (Fsp3) is 0.500. The van der Waals surface area contributed by atoms with Crippen molar-refractivity contribution in [2.24, 2.45) is 11.7 Å². The summed E-state index contributed by atoms with van der Waals surface area (Å²) in [5.74, 6) is 1.11. The first kappa shape index (κ1) is 15.3. The van der Waals surface area contributed by atoms with Crippen molar-refractivity contribution in [2.75, 3.05) is 19.0 Å². The predicted molar refractivity (Wildman–Crippen MR) is 75.6 cm³/mol. The van der Waals surface area contributed by atoms with Crippen LogP contribution in [0.3, 0.4) is 0 Å². The van der Waals surface area contributed by atoms with E-state index in [0.717, 1.165) is 0 Å². The molecule has 0 spiro atoms. The maximum atomic E-state index is 11.9. The highest BCUT2D eigenvalue weighted by molar-refractivity contribution is 5.95. The topological polar surface area (TPSA) is 73.6 Å². The van der Waals surface area contributed by atoms with Gasteiger partial charge in [0.05, 0.1) is 19.8 Å². The Hall–Kier alpha value is -1.75. The summed E-state index contributed by atoms with van der Waals surface area (Å²) in [6.07, 6.45) is 0. The molecule has 1 rings (SSSR count). The van der Waals surface area contributed by atoms with Gasteiger partial charge in [-0.1, -0.05) is 13.8 Å². The van der Waals surface area contributed by atoms with Crippen LogP contribution >= 0.6 is 0 Å². The fourth-order valence-corrected chi connectivity index (χ4v) is 1.55. The molecule has 0 saturated heterocycles. The Morgan fingerprint density at radius 3 is 2.58 bits per heavy atom. The van der Waals surface area contributed by atoms with Gasteiger partial charge in [-0.2, -0.15) is 0 Å². The van der Waals surface area contributed by atoms with Gasteiger partial charge in [0.1, 0.15) is 0 Å². The van der Waals surface area contributed by atoms with Crippen LogP contribution in [0.25, 0.3) is 0 Å². The van der Waals surface area contributed by atoms with Crippen molar-refractivity contribution >= 4 is 11.6 Å². The van der Waals surface area contributed by atoms with Crippen LogP contribution in [0, 0.1) is 5.92 Å². The summed E-state index contributed by atoms with van der Waals surface area (Å²) < 4.78 is 10.6. The Morgan fingerprint density at radius 1 is 1.37 bits per heavy atom. The molecule has 19 heavy (non-hydrogen) atoms. The molecule has 3 N–H and O–H groups in total. The molecule has 1 atom stereocenters. The second-order valence-electron chi connectivity index (χ2n) is 4.56. The van der Waals surface area contributed by atoms with Gasteiger partial charge in [0.25, 0.3) is 0 Å². The summed E-state index contributed by atoms with van der Waals surface area (Å²) >= 11 is 0. The van der Waals surface area contributed by atoms with Crippen LogP contribution in [0.1, 0.15) is 20.8 Å². The van der Waals surface area contributed by atoms with Gasteiger partial charge in [0.15, 0.2) is 11.5 Å². The Kier molecular flexibility index (Phi) is 5.63. The average Bonchev–Trinajstić information content (AvgIpc) is 2.39. The third-order valence-electron chi connectivity index (χ3n) is 2.75. The maximum absolute atomic E-state index is 11.9. The Morgan fingerprint density at radius 2 is 2.05 bits per heavy atom. The number of methoxy groups -OCH3 is 1. The van der Waals surface area contributed by atoms with E-state index in [9.17, 15) is 4.79 Å². The largest absolute Gasteiger partial charge is 0.493 e. The van der Waals surface area contributed by atoms with Gasteiger partial charge in [-0.3, -0.25) is 4.79 Å². The average molecular weight is 266 g/mol. The van der Waals surface area contributed by atoms with E-state index in [1.165, 1.54) is 0 Å². The van der Waals surface area contributed by atoms with E-state index in [4.69, 9.17) is 15.2 Å². The minimum atomic E-state index is -0.530. The second kappa shape index (κ2) is 6.99. The van der Waals surface area contributed by atoms with Gasteiger partial charge >= 0.3 is 0 Å². The molecular formula is C14H22N2O3. The Labute approximate surface area is 114 Å². The molecule has 106 valence electrons. The van der Waals surface area contributed by atoms with Gasteiger partial charge in [0.2, 0.25) is 5.91 Å². The van der Waals surface area contributed by atoms with Gasteiger partial charge in [-0.05, 0) is 25.0 Å². The number of hydrogen-bond acceptors (Lipinski definition) is 4. The van der Waals surface area contributed by atoms with E-state index in [-0.39, 0.29) is 11.8 Å². The number of benzene rings is 1.